The van der Waals surface area contributed by atoms with Gasteiger partial charge in [-0.05, 0) is 25.6 Å². The zero-order chi connectivity index (χ0) is 14.7. The Kier molecular flexibility index (Phi) is 5.52. The Labute approximate surface area is 133 Å². The molecule has 1 aliphatic rings. The highest BCUT2D eigenvalue weighted by Gasteiger charge is 2.22. The minimum absolute atomic E-state index is 0.109. The third-order valence-corrected chi connectivity index (χ3v) is 4.37. The third kappa shape index (κ3) is 3.99. The molecule has 0 spiro atoms. The molecule has 7 heteroatoms. The second kappa shape index (κ2) is 6.96. The lowest BCUT2D eigenvalue weighted by Crippen LogP contribution is -2.34. The number of hydrogen-bond acceptors (Lipinski definition) is 3. The molecule has 4 nitrogen and oxygen atoms in total. The fraction of sp³-hybridized carbons (Fsp3) is 0.462. The highest BCUT2D eigenvalue weighted by Crippen LogP contribution is 2.32. The van der Waals surface area contributed by atoms with E-state index in [0.29, 0.717) is 33.3 Å². The maximum atomic E-state index is 12.0. The molecular weight excluding hydrogens is 321 g/mol. The molecule has 1 saturated heterocycles. The van der Waals surface area contributed by atoms with Crippen LogP contribution in [0.5, 0.6) is 0 Å². The summed E-state index contributed by atoms with van der Waals surface area (Å²) in [7, 11) is 1.93. The molecule has 2 N–H and O–H groups in total. The van der Waals surface area contributed by atoms with Gasteiger partial charge in [-0.3, -0.25) is 9.69 Å². The van der Waals surface area contributed by atoms with Crippen molar-refractivity contribution in [3.63, 3.8) is 0 Å². The Morgan fingerprint density at radius 1 is 1.30 bits per heavy atom. The third-order valence-electron chi connectivity index (χ3n) is 3.33. The van der Waals surface area contributed by atoms with Gasteiger partial charge >= 0.3 is 0 Å². The quantitative estimate of drug-likeness (QED) is 0.831. The maximum absolute atomic E-state index is 12.0. The van der Waals surface area contributed by atoms with Gasteiger partial charge in [0, 0.05) is 19.1 Å². The molecule has 0 aromatic heterocycles. The first kappa shape index (κ1) is 15.9. The normalized spacial score (nSPS) is 19.3. The number of rotatable bonds is 4. The highest BCUT2D eigenvalue weighted by molar-refractivity contribution is 6.44. The van der Waals surface area contributed by atoms with Gasteiger partial charge in [-0.1, -0.05) is 34.8 Å². The minimum atomic E-state index is -0.109. The highest BCUT2D eigenvalue weighted by atomic mass is 35.5. The molecule has 110 valence electrons. The van der Waals surface area contributed by atoms with E-state index >= 15 is 0 Å². The van der Waals surface area contributed by atoms with Gasteiger partial charge in [0.15, 0.2) is 0 Å². The molecule has 0 aliphatic carbocycles. The van der Waals surface area contributed by atoms with E-state index in [1.54, 1.807) is 6.07 Å². The smallest absolute Gasteiger partial charge is 0.238 e. The van der Waals surface area contributed by atoms with Crippen LogP contribution >= 0.6 is 34.8 Å². The van der Waals surface area contributed by atoms with E-state index in [9.17, 15) is 4.79 Å². The standard InChI is InChI=1S/C13H16Cl3N3O/c1-17-8-2-3-19(6-8)7-13(20)18-12-5-10(15)9(14)4-11(12)16/h4-5,8,17H,2-3,6-7H2,1H3,(H,18,20). The van der Waals surface area contributed by atoms with E-state index in [1.807, 2.05) is 7.05 Å². The van der Waals surface area contributed by atoms with E-state index in [-0.39, 0.29) is 5.91 Å². The van der Waals surface area contributed by atoms with Gasteiger partial charge < -0.3 is 10.6 Å². The van der Waals surface area contributed by atoms with Crippen LogP contribution in [0.3, 0.4) is 0 Å². The van der Waals surface area contributed by atoms with E-state index in [1.165, 1.54) is 6.07 Å². The first-order valence-corrected chi connectivity index (χ1v) is 7.47. The molecule has 0 saturated carbocycles. The van der Waals surface area contributed by atoms with Crippen LogP contribution in [0.25, 0.3) is 0 Å². The SMILES string of the molecule is CNC1CCN(CC(=O)Nc2cc(Cl)c(Cl)cc2Cl)C1. The van der Waals surface area contributed by atoms with Crippen LogP contribution in [0.1, 0.15) is 6.42 Å². The van der Waals surface area contributed by atoms with Gasteiger partial charge in [-0.25, -0.2) is 0 Å². The van der Waals surface area contributed by atoms with Gasteiger partial charge in [0.25, 0.3) is 0 Å². The molecule has 0 radical (unpaired) electrons. The van der Waals surface area contributed by atoms with Crippen LogP contribution in [-0.2, 0) is 4.79 Å². The van der Waals surface area contributed by atoms with Crippen LogP contribution in [0.2, 0.25) is 15.1 Å². The van der Waals surface area contributed by atoms with Crippen molar-refractivity contribution < 1.29 is 4.79 Å². The van der Waals surface area contributed by atoms with E-state index in [2.05, 4.69) is 15.5 Å². The number of carbonyl (C=O) groups is 1. The summed E-state index contributed by atoms with van der Waals surface area (Å²) >= 11 is 17.8. The van der Waals surface area contributed by atoms with Gasteiger partial charge in [-0.15, -0.1) is 0 Å². The topological polar surface area (TPSA) is 44.4 Å². The molecule has 20 heavy (non-hydrogen) atoms. The second-order valence-electron chi connectivity index (χ2n) is 4.80. The lowest BCUT2D eigenvalue weighted by atomic mass is 10.3. The zero-order valence-electron chi connectivity index (χ0n) is 11.0. The lowest BCUT2D eigenvalue weighted by Gasteiger charge is -2.16. The summed E-state index contributed by atoms with van der Waals surface area (Å²) in [5.74, 6) is -0.109. The summed E-state index contributed by atoms with van der Waals surface area (Å²) in [6.45, 7) is 2.13. The summed E-state index contributed by atoms with van der Waals surface area (Å²) in [5, 5.41) is 7.08. The van der Waals surface area contributed by atoms with Crippen LogP contribution in [-0.4, -0.2) is 43.5 Å². The summed E-state index contributed by atoms with van der Waals surface area (Å²) in [4.78, 5) is 14.1. The average Bonchev–Trinajstić information content (AvgIpc) is 2.83. The predicted molar refractivity (Wildman–Crippen MR) is 84.0 cm³/mol. The van der Waals surface area contributed by atoms with Gasteiger partial charge in [0.2, 0.25) is 5.91 Å². The number of amides is 1. The number of hydrogen-bond donors (Lipinski definition) is 2. The Morgan fingerprint density at radius 3 is 2.65 bits per heavy atom. The fourth-order valence-corrected chi connectivity index (χ4v) is 2.82. The molecule has 1 atom stereocenters. The number of nitrogens with one attached hydrogen (secondary N) is 2. The van der Waals surface area contributed by atoms with Crippen molar-refractivity contribution in [1.29, 1.82) is 0 Å². The predicted octanol–water partition coefficient (Wildman–Crippen LogP) is 2.88. The van der Waals surface area contributed by atoms with E-state index in [0.717, 1.165) is 19.5 Å². The van der Waals surface area contributed by atoms with Gasteiger partial charge in [0.1, 0.15) is 0 Å². The maximum Gasteiger partial charge on any atom is 0.238 e. The summed E-state index contributed by atoms with van der Waals surface area (Å²) in [6.07, 6.45) is 1.05. The zero-order valence-corrected chi connectivity index (χ0v) is 13.3. The molecule has 1 heterocycles. The van der Waals surface area contributed by atoms with Crippen molar-refractivity contribution >= 4 is 46.4 Å². The molecule has 1 aromatic rings. The molecule has 2 rings (SSSR count). The summed E-state index contributed by atoms with van der Waals surface area (Å²) in [6, 6.07) is 3.54. The van der Waals surface area contributed by atoms with Gasteiger partial charge in [0.05, 0.1) is 27.3 Å². The van der Waals surface area contributed by atoms with Crippen LogP contribution in [0.4, 0.5) is 5.69 Å². The van der Waals surface area contributed by atoms with Crippen LogP contribution in [0, 0.1) is 0 Å². The monoisotopic (exact) mass is 335 g/mol. The fourth-order valence-electron chi connectivity index (χ4n) is 2.22. The molecule has 0 bridgehead atoms. The summed E-state index contributed by atoms with van der Waals surface area (Å²) < 4.78 is 0. The number of nitrogens with zero attached hydrogens (tertiary/aromatic N) is 1. The molecular formula is C13H16Cl3N3O. The van der Waals surface area contributed by atoms with Crippen molar-refractivity contribution in [2.45, 2.75) is 12.5 Å². The minimum Gasteiger partial charge on any atom is -0.324 e. The number of carbonyl (C=O) groups excluding carboxylic acids is 1. The molecule has 1 amide bonds. The molecule has 1 fully saturated rings. The first-order valence-electron chi connectivity index (χ1n) is 6.33. The molecule has 1 aliphatic heterocycles. The van der Waals surface area contributed by atoms with Crippen molar-refractivity contribution in [3.8, 4) is 0 Å². The van der Waals surface area contributed by atoms with Gasteiger partial charge in [-0.2, -0.15) is 0 Å². The number of halogens is 3. The Morgan fingerprint density at radius 2 is 2.00 bits per heavy atom. The Hall–Kier alpha value is -0.520. The van der Waals surface area contributed by atoms with Crippen molar-refractivity contribution in [3.05, 3.63) is 27.2 Å². The van der Waals surface area contributed by atoms with Crippen LogP contribution < -0.4 is 10.6 Å². The molecule has 1 aromatic carbocycles. The number of anilines is 1. The molecule has 1 unspecified atom stereocenters. The van der Waals surface area contributed by atoms with E-state index in [4.69, 9.17) is 34.8 Å². The Balaban J connectivity index is 1.93. The van der Waals surface area contributed by atoms with Crippen molar-refractivity contribution in [2.75, 3.05) is 32.0 Å². The number of likely N-dealkylation sites (tertiary alicyclic amines) is 1. The van der Waals surface area contributed by atoms with E-state index < -0.39 is 0 Å². The Bertz CT molecular complexity index is 510. The average molecular weight is 337 g/mol. The first-order chi connectivity index (χ1) is 9.49. The largest absolute Gasteiger partial charge is 0.324 e. The van der Waals surface area contributed by atoms with Crippen LogP contribution in [0.15, 0.2) is 12.1 Å². The van der Waals surface area contributed by atoms with Crippen molar-refractivity contribution in [2.24, 2.45) is 0 Å². The number of benzene rings is 1. The summed E-state index contributed by atoms with van der Waals surface area (Å²) in [5.41, 5.74) is 0.482. The lowest BCUT2D eigenvalue weighted by molar-refractivity contribution is -0.117. The second-order valence-corrected chi connectivity index (χ2v) is 6.03. The number of likely N-dealkylation sites (N-methyl/N-ethyl adjacent to an activating group) is 1. The van der Waals surface area contributed by atoms with Crippen molar-refractivity contribution in [1.82, 2.24) is 10.2 Å².